The predicted molar refractivity (Wildman–Crippen MR) is 73.8 cm³/mol. The molecular formula is C14H26O8. The number of hydrogen-bond acceptors (Lipinski definition) is 7. The highest BCUT2D eigenvalue weighted by Crippen LogP contribution is 2.30. The normalized spacial score (nSPS) is 24.0. The first-order valence-electron chi connectivity index (χ1n) is 7.36. The van der Waals surface area contributed by atoms with Crippen LogP contribution in [0.1, 0.15) is 66.7 Å². The molecule has 22 heavy (non-hydrogen) atoms. The average Bonchev–Trinajstić information content (AvgIpc) is 2.44. The Bertz CT molecular complexity index is 346. The zero-order valence-electron chi connectivity index (χ0n) is 13.8. The van der Waals surface area contributed by atoms with Crippen molar-refractivity contribution in [1.82, 2.24) is 0 Å². The molecule has 0 bridgehead atoms. The molecule has 0 aromatic rings. The van der Waals surface area contributed by atoms with Crippen LogP contribution in [0.15, 0.2) is 0 Å². The zero-order valence-corrected chi connectivity index (χ0v) is 13.8. The van der Waals surface area contributed by atoms with Gasteiger partial charge in [0, 0.05) is 12.8 Å². The molecule has 0 saturated carbocycles. The van der Waals surface area contributed by atoms with Crippen molar-refractivity contribution in [2.24, 2.45) is 0 Å². The van der Waals surface area contributed by atoms with Crippen LogP contribution in [0.5, 0.6) is 0 Å². The van der Waals surface area contributed by atoms with E-state index in [0.29, 0.717) is 19.3 Å². The third-order valence-electron chi connectivity index (χ3n) is 2.80. The second kappa shape index (κ2) is 7.67. The third kappa shape index (κ3) is 7.48. The molecule has 8 nitrogen and oxygen atoms in total. The Hall–Kier alpha value is -0.770. The van der Waals surface area contributed by atoms with Gasteiger partial charge in [0.05, 0.1) is 0 Å². The van der Waals surface area contributed by atoms with E-state index in [1.807, 2.05) is 0 Å². The Morgan fingerprint density at radius 3 is 1.68 bits per heavy atom. The van der Waals surface area contributed by atoms with Crippen LogP contribution in [0.4, 0.5) is 0 Å². The van der Waals surface area contributed by atoms with Gasteiger partial charge in [-0.1, -0.05) is 6.42 Å². The van der Waals surface area contributed by atoms with Crippen LogP contribution in [0.3, 0.4) is 0 Å². The first-order valence-corrected chi connectivity index (χ1v) is 7.36. The summed E-state index contributed by atoms with van der Waals surface area (Å²) >= 11 is 0. The summed E-state index contributed by atoms with van der Waals surface area (Å²) in [7, 11) is 0. The van der Waals surface area contributed by atoms with Crippen LogP contribution in [-0.2, 0) is 34.1 Å². The second-order valence-electron chi connectivity index (χ2n) is 6.39. The third-order valence-corrected chi connectivity index (χ3v) is 2.80. The fraction of sp³-hybridized carbons (Fsp3) is 0.929. The topological polar surface area (TPSA) is 92.7 Å². The molecule has 0 aromatic carbocycles. The molecule has 1 saturated heterocycles. The van der Waals surface area contributed by atoms with Gasteiger partial charge in [0.15, 0.2) is 0 Å². The molecule has 1 rings (SSSR count). The SMILES string of the molecule is CC1(C)OOC(C)(C)OOC(C)(CCCCCC(=O)O)OO1. The van der Waals surface area contributed by atoms with E-state index in [9.17, 15) is 4.79 Å². The van der Waals surface area contributed by atoms with Crippen molar-refractivity contribution in [2.45, 2.75) is 84.1 Å². The van der Waals surface area contributed by atoms with E-state index < -0.39 is 23.3 Å². The van der Waals surface area contributed by atoms with Crippen LogP contribution in [0.2, 0.25) is 0 Å². The number of rotatable bonds is 6. The van der Waals surface area contributed by atoms with Crippen molar-refractivity contribution in [3.8, 4) is 0 Å². The lowest BCUT2D eigenvalue weighted by molar-refractivity contribution is -0.540. The lowest BCUT2D eigenvalue weighted by Crippen LogP contribution is -2.37. The molecule has 0 spiro atoms. The molecule has 0 aromatic heterocycles. The largest absolute Gasteiger partial charge is 0.481 e. The summed E-state index contributed by atoms with van der Waals surface area (Å²) in [6.07, 6.45) is 2.62. The van der Waals surface area contributed by atoms with Gasteiger partial charge in [0.25, 0.3) is 0 Å². The van der Waals surface area contributed by atoms with Gasteiger partial charge < -0.3 is 5.11 Å². The molecule has 0 aliphatic carbocycles. The van der Waals surface area contributed by atoms with Crippen LogP contribution in [-0.4, -0.2) is 28.4 Å². The number of unbranched alkanes of at least 4 members (excludes halogenated alkanes) is 2. The Morgan fingerprint density at radius 2 is 1.23 bits per heavy atom. The molecule has 0 amide bonds. The first-order chi connectivity index (χ1) is 10.0. The minimum atomic E-state index is -1.16. The predicted octanol–water partition coefficient (Wildman–Crippen LogP) is 3.07. The molecule has 0 unspecified atom stereocenters. The Kier molecular flexibility index (Phi) is 6.72. The Morgan fingerprint density at radius 1 is 0.773 bits per heavy atom. The molecule has 1 fully saturated rings. The Labute approximate surface area is 130 Å². The van der Waals surface area contributed by atoms with Gasteiger partial charge in [-0.2, -0.15) is 29.3 Å². The van der Waals surface area contributed by atoms with Crippen LogP contribution >= 0.6 is 0 Å². The standard InChI is InChI=1S/C14H26O8/c1-12(2)17-18-13(3,4)20-22-14(5,21-19-12)10-8-6-7-9-11(15)16/h6-10H2,1-5H3,(H,15,16). The van der Waals surface area contributed by atoms with E-state index >= 15 is 0 Å². The van der Waals surface area contributed by atoms with Gasteiger partial charge >= 0.3 is 5.97 Å². The molecule has 1 aliphatic heterocycles. The van der Waals surface area contributed by atoms with Gasteiger partial charge in [-0.05, 0) is 47.5 Å². The minimum absolute atomic E-state index is 0.146. The molecule has 130 valence electrons. The summed E-state index contributed by atoms with van der Waals surface area (Å²) in [4.78, 5) is 41.7. The highest BCUT2D eigenvalue weighted by atomic mass is 17.4. The maximum absolute atomic E-state index is 10.5. The van der Waals surface area contributed by atoms with Crippen molar-refractivity contribution in [3.63, 3.8) is 0 Å². The number of carboxylic acids is 1. The van der Waals surface area contributed by atoms with Crippen molar-refractivity contribution in [3.05, 3.63) is 0 Å². The lowest BCUT2D eigenvalue weighted by atomic mass is 10.1. The quantitative estimate of drug-likeness (QED) is 0.589. The van der Waals surface area contributed by atoms with Crippen molar-refractivity contribution < 1.29 is 39.2 Å². The highest BCUT2D eigenvalue weighted by Gasteiger charge is 2.39. The maximum Gasteiger partial charge on any atom is 0.303 e. The van der Waals surface area contributed by atoms with Crippen molar-refractivity contribution >= 4 is 5.97 Å². The fourth-order valence-corrected chi connectivity index (χ4v) is 1.60. The number of hydrogen-bond donors (Lipinski definition) is 1. The first kappa shape index (κ1) is 19.3. The molecular weight excluding hydrogens is 296 g/mol. The fourth-order valence-electron chi connectivity index (χ4n) is 1.60. The molecule has 0 atom stereocenters. The summed E-state index contributed by atoms with van der Waals surface area (Å²) in [5.74, 6) is -4.24. The monoisotopic (exact) mass is 322 g/mol. The summed E-state index contributed by atoms with van der Waals surface area (Å²) in [5.41, 5.74) is 0. The van der Waals surface area contributed by atoms with E-state index in [-0.39, 0.29) is 6.42 Å². The molecule has 8 heteroatoms. The Balaban J connectivity index is 2.55. The zero-order chi connectivity index (χ0) is 16.9. The molecule has 1 aliphatic rings. The van der Waals surface area contributed by atoms with Crippen LogP contribution < -0.4 is 0 Å². The van der Waals surface area contributed by atoms with Crippen molar-refractivity contribution in [2.75, 3.05) is 0 Å². The van der Waals surface area contributed by atoms with Crippen LogP contribution in [0.25, 0.3) is 0 Å². The number of carboxylic acid groups (broad SMARTS) is 1. The summed E-state index contributed by atoms with van der Waals surface area (Å²) in [5, 5.41) is 8.61. The van der Waals surface area contributed by atoms with Gasteiger partial charge in [-0.3, -0.25) is 4.79 Å². The number of carbonyl (C=O) groups is 1. The lowest BCUT2D eigenvalue weighted by Gasteiger charge is -2.29. The molecule has 0 radical (unpaired) electrons. The minimum Gasteiger partial charge on any atom is -0.481 e. The van der Waals surface area contributed by atoms with Gasteiger partial charge in [-0.15, -0.1) is 0 Å². The smallest absolute Gasteiger partial charge is 0.303 e. The van der Waals surface area contributed by atoms with E-state index in [1.54, 1.807) is 34.6 Å². The summed E-state index contributed by atoms with van der Waals surface area (Å²) < 4.78 is 0. The maximum atomic E-state index is 10.5. The summed E-state index contributed by atoms with van der Waals surface area (Å²) in [6, 6.07) is 0. The summed E-state index contributed by atoms with van der Waals surface area (Å²) in [6.45, 7) is 8.17. The van der Waals surface area contributed by atoms with Crippen LogP contribution in [0, 0.1) is 0 Å². The van der Waals surface area contributed by atoms with Crippen molar-refractivity contribution in [1.29, 1.82) is 0 Å². The van der Waals surface area contributed by atoms with E-state index in [2.05, 4.69) is 0 Å². The average molecular weight is 322 g/mol. The second-order valence-corrected chi connectivity index (χ2v) is 6.39. The molecule has 1 heterocycles. The van der Waals surface area contributed by atoms with E-state index in [0.717, 1.165) is 6.42 Å². The highest BCUT2D eigenvalue weighted by molar-refractivity contribution is 5.66. The van der Waals surface area contributed by atoms with E-state index in [4.69, 9.17) is 34.4 Å². The van der Waals surface area contributed by atoms with Gasteiger partial charge in [0.2, 0.25) is 17.4 Å². The number of aliphatic carboxylic acids is 1. The van der Waals surface area contributed by atoms with Gasteiger partial charge in [-0.25, -0.2) is 0 Å². The van der Waals surface area contributed by atoms with Gasteiger partial charge in [0.1, 0.15) is 0 Å². The van der Waals surface area contributed by atoms with E-state index in [1.165, 1.54) is 0 Å². The molecule has 1 N–H and O–H groups in total.